The van der Waals surface area contributed by atoms with Gasteiger partial charge in [0.05, 0.1) is 12.8 Å². The van der Waals surface area contributed by atoms with E-state index in [-0.39, 0.29) is 12.5 Å². The highest BCUT2D eigenvalue weighted by atomic mass is 35.5. The Balaban J connectivity index is 1.71. The van der Waals surface area contributed by atoms with Crippen molar-refractivity contribution < 1.29 is 13.9 Å². The molecule has 0 N–H and O–H groups in total. The number of anilines is 1. The maximum Gasteiger partial charge on any atom is 0.261 e. The molecule has 2 aromatic carbocycles. The number of furan rings is 1. The van der Waals surface area contributed by atoms with Crippen LogP contribution >= 0.6 is 11.6 Å². The average Bonchev–Trinajstić information content (AvgIpc) is 3.23. The minimum atomic E-state index is -0.117. The number of aryl methyl sites for hydroxylation is 2. The van der Waals surface area contributed by atoms with Gasteiger partial charge in [-0.15, -0.1) is 0 Å². The van der Waals surface area contributed by atoms with Crippen LogP contribution < -0.4 is 9.64 Å². The van der Waals surface area contributed by atoms with Gasteiger partial charge >= 0.3 is 0 Å². The zero-order chi connectivity index (χ0) is 21.7. The molecule has 0 saturated carbocycles. The number of benzene rings is 2. The molecule has 158 valence electrons. The van der Waals surface area contributed by atoms with E-state index in [1.807, 2.05) is 81.4 Å². The third kappa shape index (κ3) is 5.57. The summed E-state index contributed by atoms with van der Waals surface area (Å²) < 4.78 is 11.2. The Labute approximate surface area is 182 Å². The molecule has 1 heterocycles. The Hall–Kier alpha value is -2.92. The minimum absolute atomic E-state index is 0.0585. The quantitative estimate of drug-likeness (QED) is 0.495. The molecule has 0 bridgehead atoms. The summed E-state index contributed by atoms with van der Waals surface area (Å²) >= 11 is 6.22. The van der Waals surface area contributed by atoms with Gasteiger partial charge in [-0.05, 0) is 66.9 Å². The standard InChI is InChI=1S/C24H27ClN2O3/c1-17-12-22(13-18(2)24(17)25)30-16-23(28)27(15-21-6-5-11-29-21)14-19-7-9-20(10-8-19)26(3)4/h5-13H,14-16H2,1-4H3. The van der Waals surface area contributed by atoms with E-state index in [2.05, 4.69) is 0 Å². The molecule has 3 rings (SSSR count). The predicted octanol–water partition coefficient (Wildman–Crippen LogP) is 5.22. The molecule has 0 unspecified atom stereocenters. The Bertz CT molecular complexity index is 959. The van der Waals surface area contributed by atoms with Gasteiger partial charge in [-0.25, -0.2) is 0 Å². The van der Waals surface area contributed by atoms with Gasteiger partial charge in [0.15, 0.2) is 6.61 Å². The Morgan fingerprint density at radius 1 is 1.03 bits per heavy atom. The van der Waals surface area contributed by atoms with Crippen molar-refractivity contribution in [2.24, 2.45) is 0 Å². The van der Waals surface area contributed by atoms with Gasteiger partial charge in [-0.1, -0.05) is 23.7 Å². The number of ether oxygens (including phenoxy) is 1. The second-order valence-corrected chi connectivity index (χ2v) is 7.93. The van der Waals surface area contributed by atoms with E-state index >= 15 is 0 Å². The summed E-state index contributed by atoms with van der Waals surface area (Å²) in [6, 6.07) is 15.5. The van der Waals surface area contributed by atoms with Crippen molar-refractivity contribution in [1.82, 2.24) is 4.90 Å². The summed E-state index contributed by atoms with van der Waals surface area (Å²) in [4.78, 5) is 16.8. The molecule has 0 saturated heterocycles. The zero-order valence-corrected chi connectivity index (χ0v) is 18.6. The van der Waals surface area contributed by atoms with Crippen molar-refractivity contribution in [3.8, 4) is 5.75 Å². The lowest BCUT2D eigenvalue weighted by atomic mass is 10.1. The summed E-state index contributed by atoms with van der Waals surface area (Å²) in [6.45, 7) is 4.63. The van der Waals surface area contributed by atoms with Gasteiger partial charge in [0.25, 0.3) is 5.91 Å². The van der Waals surface area contributed by atoms with Gasteiger partial charge < -0.3 is 19.0 Å². The molecule has 30 heavy (non-hydrogen) atoms. The summed E-state index contributed by atoms with van der Waals surface area (Å²) in [7, 11) is 4.00. The monoisotopic (exact) mass is 426 g/mol. The number of rotatable bonds is 8. The Morgan fingerprint density at radius 3 is 2.27 bits per heavy atom. The number of carbonyl (C=O) groups is 1. The molecule has 0 radical (unpaired) electrons. The van der Waals surface area contributed by atoms with Crippen molar-refractivity contribution in [2.45, 2.75) is 26.9 Å². The number of hydrogen-bond donors (Lipinski definition) is 0. The van der Waals surface area contributed by atoms with E-state index in [1.165, 1.54) is 0 Å². The highest BCUT2D eigenvalue weighted by Gasteiger charge is 2.17. The van der Waals surface area contributed by atoms with Gasteiger partial charge in [0.1, 0.15) is 11.5 Å². The molecule has 1 aromatic heterocycles. The van der Waals surface area contributed by atoms with Gasteiger partial charge in [0.2, 0.25) is 0 Å². The van der Waals surface area contributed by atoms with Crippen molar-refractivity contribution in [3.05, 3.63) is 82.3 Å². The van der Waals surface area contributed by atoms with Crippen molar-refractivity contribution >= 4 is 23.2 Å². The van der Waals surface area contributed by atoms with E-state index in [4.69, 9.17) is 20.8 Å². The van der Waals surface area contributed by atoms with Crippen LogP contribution in [0.3, 0.4) is 0 Å². The first-order chi connectivity index (χ1) is 14.3. The largest absolute Gasteiger partial charge is 0.484 e. The van der Waals surface area contributed by atoms with Crippen LogP contribution in [0.5, 0.6) is 5.75 Å². The second kappa shape index (κ2) is 9.72. The molecule has 5 nitrogen and oxygen atoms in total. The lowest BCUT2D eigenvalue weighted by Crippen LogP contribution is -2.34. The van der Waals surface area contributed by atoms with Crippen molar-refractivity contribution in [3.63, 3.8) is 0 Å². The van der Waals surface area contributed by atoms with Crippen LogP contribution in [-0.4, -0.2) is 31.5 Å². The van der Waals surface area contributed by atoms with E-state index in [0.29, 0.717) is 23.9 Å². The highest BCUT2D eigenvalue weighted by molar-refractivity contribution is 6.32. The number of nitrogens with zero attached hydrogens (tertiary/aromatic N) is 2. The summed E-state index contributed by atoms with van der Waals surface area (Å²) in [5, 5.41) is 0.717. The Morgan fingerprint density at radius 2 is 1.70 bits per heavy atom. The van der Waals surface area contributed by atoms with Crippen LogP contribution in [0.4, 0.5) is 5.69 Å². The van der Waals surface area contributed by atoms with Crippen LogP contribution in [0.2, 0.25) is 5.02 Å². The van der Waals surface area contributed by atoms with E-state index in [1.54, 1.807) is 11.2 Å². The third-order valence-corrected chi connectivity index (χ3v) is 5.47. The fraction of sp³-hybridized carbons (Fsp3) is 0.292. The SMILES string of the molecule is Cc1cc(OCC(=O)N(Cc2ccc(N(C)C)cc2)Cc2ccco2)cc(C)c1Cl. The van der Waals surface area contributed by atoms with Crippen LogP contribution in [0.15, 0.2) is 59.2 Å². The molecule has 0 fully saturated rings. The zero-order valence-electron chi connectivity index (χ0n) is 17.8. The van der Waals surface area contributed by atoms with Crippen LogP contribution in [0.25, 0.3) is 0 Å². The molecular weight excluding hydrogens is 400 g/mol. The Kier molecular flexibility index (Phi) is 7.06. The summed E-state index contributed by atoms with van der Waals surface area (Å²) in [5.74, 6) is 1.25. The molecule has 1 amide bonds. The van der Waals surface area contributed by atoms with Crippen molar-refractivity contribution in [1.29, 1.82) is 0 Å². The molecule has 6 heteroatoms. The predicted molar refractivity (Wildman–Crippen MR) is 120 cm³/mol. The van der Waals surface area contributed by atoms with E-state index < -0.39 is 0 Å². The smallest absolute Gasteiger partial charge is 0.261 e. The molecular formula is C24H27ClN2O3. The van der Waals surface area contributed by atoms with Crippen LogP contribution in [-0.2, 0) is 17.9 Å². The number of carbonyl (C=O) groups excluding carboxylic acids is 1. The van der Waals surface area contributed by atoms with E-state index in [0.717, 1.165) is 28.1 Å². The van der Waals surface area contributed by atoms with Crippen LogP contribution in [0, 0.1) is 13.8 Å². The molecule has 0 atom stereocenters. The topological polar surface area (TPSA) is 45.9 Å². The lowest BCUT2D eigenvalue weighted by molar-refractivity contribution is -0.134. The highest BCUT2D eigenvalue weighted by Crippen LogP contribution is 2.26. The fourth-order valence-corrected chi connectivity index (χ4v) is 3.28. The van der Waals surface area contributed by atoms with Gasteiger partial charge in [-0.3, -0.25) is 4.79 Å². The normalized spacial score (nSPS) is 10.7. The molecule has 0 aliphatic rings. The first-order valence-corrected chi connectivity index (χ1v) is 10.2. The fourth-order valence-electron chi connectivity index (χ4n) is 3.17. The maximum absolute atomic E-state index is 13.0. The molecule has 0 spiro atoms. The second-order valence-electron chi connectivity index (χ2n) is 7.55. The first-order valence-electron chi connectivity index (χ1n) is 9.79. The molecule has 3 aromatic rings. The number of hydrogen-bond acceptors (Lipinski definition) is 4. The lowest BCUT2D eigenvalue weighted by Gasteiger charge is -2.23. The molecule has 0 aliphatic heterocycles. The number of halogens is 1. The van der Waals surface area contributed by atoms with Crippen molar-refractivity contribution in [2.75, 3.05) is 25.6 Å². The van der Waals surface area contributed by atoms with E-state index in [9.17, 15) is 4.79 Å². The summed E-state index contributed by atoms with van der Waals surface area (Å²) in [5.41, 5.74) is 4.00. The van der Waals surface area contributed by atoms with Gasteiger partial charge in [-0.2, -0.15) is 0 Å². The minimum Gasteiger partial charge on any atom is -0.484 e. The molecule has 0 aliphatic carbocycles. The van der Waals surface area contributed by atoms with Gasteiger partial charge in [0, 0.05) is 31.4 Å². The first kappa shape index (κ1) is 21.8. The van der Waals surface area contributed by atoms with Crippen LogP contribution in [0.1, 0.15) is 22.5 Å². The average molecular weight is 427 g/mol. The summed E-state index contributed by atoms with van der Waals surface area (Å²) in [6.07, 6.45) is 1.61. The third-order valence-electron chi connectivity index (χ3n) is 4.88. The maximum atomic E-state index is 13.0. The number of amides is 1.